The summed E-state index contributed by atoms with van der Waals surface area (Å²) < 4.78 is 11.0. The lowest BCUT2D eigenvalue weighted by atomic mass is 9.95. The summed E-state index contributed by atoms with van der Waals surface area (Å²) in [6.45, 7) is 3.63. The summed E-state index contributed by atoms with van der Waals surface area (Å²) in [5.74, 6) is 1.50. The third-order valence-corrected chi connectivity index (χ3v) is 2.88. The molecule has 1 aliphatic heterocycles. The van der Waals surface area contributed by atoms with E-state index >= 15 is 0 Å². The monoisotopic (exact) mass is 223 g/mol. The number of rotatable bonds is 3. The van der Waals surface area contributed by atoms with Gasteiger partial charge in [-0.3, -0.25) is 0 Å². The second kappa shape index (κ2) is 4.72. The highest BCUT2D eigenvalue weighted by Gasteiger charge is 2.18. The van der Waals surface area contributed by atoms with Gasteiger partial charge in [0, 0.05) is 12.5 Å². The zero-order chi connectivity index (χ0) is 11.5. The van der Waals surface area contributed by atoms with E-state index in [2.05, 4.69) is 0 Å². The minimum atomic E-state index is -0.0316. The van der Waals surface area contributed by atoms with Gasteiger partial charge in [-0.2, -0.15) is 0 Å². The van der Waals surface area contributed by atoms with Gasteiger partial charge < -0.3 is 20.3 Å². The topological polar surface area (TPSA) is 64.7 Å². The number of aliphatic hydroxyl groups excluding tert-OH is 1. The molecule has 88 valence electrons. The average molecular weight is 223 g/mol. The first-order valence-electron chi connectivity index (χ1n) is 5.47. The quantitative estimate of drug-likeness (QED) is 0.795. The summed E-state index contributed by atoms with van der Waals surface area (Å²) in [6, 6.07) is 3.87. The van der Waals surface area contributed by atoms with E-state index in [9.17, 15) is 5.11 Å². The number of hydrogen-bond acceptors (Lipinski definition) is 4. The first-order chi connectivity index (χ1) is 7.76. The molecule has 0 saturated heterocycles. The molecule has 4 nitrogen and oxygen atoms in total. The number of hydrogen-bond donors (Lipinski definition) is 2. The zero-order valence-corrected chi connectivity index (χ0v) is 9.40. The van der Waals surface area contributed by atoms with Crippen LogP contribution in [0.3, 0.4) is 0 Å². The highest BCUT2D eigenvalue weighted by atomic mass is 16.6. The van der Waals surface area contributed by atoms with Gasteiger partial charge in [0.2, 0.25) is 0 Å². The van der Waals surface area contributed by atoms with E-state index in [1.807, 2.05) is 19.1 Å². The predicted molar refractivity (Wildman–Crippen MR) is 61.1 cm³/mol. The van der Waals surface area contributed by atoms with E-state index in [-0.39, 0.29) is 12.5 Å². The van der Waals surface area contributed by atoms with Crippen LogP contribution in [-0.2, 0) is 0 Å². The number of fused-ring (bicyclic) bond motifs is 1. The van der Waals surface area contributed by atoms with Crippen molar-refractivity contribution in [2.75, 3.05) is 26.4 Å². The Labute approximate surface area is 95.0 Å². The Morgan fingerprint density at radius 1 is 1.31 bits per heavy atom. The van der Waals surface area contributed by atoms with Crippen molar-refractivity contribution in [2.24, 2.45) is 5.73 Å². The molecule has 2 rings (SSSR count). The first kappa shape index (κ1) is 11.2. The molecule has 4 heteroatoms. The van der Waals surface area contributed by atoms with Crippen molar-refractivity contribution in [2.45, 2.75) is 12.8 Å². The molecule has 1 aromatic carbocycles. The van der Waals surface area contributed by atoms with E-state index in [4.69, 9.17) is 15.2 Å². The van der Waals surface area contributed by atoms with Crippen molar-refractivity contribution < 1.29 is 14.6 Å². The molecule has 1 aliphatic rings. The fourth-order valence-corrected chi connectivity index (χ4v) is 1.95. The summed E-state index contributed by atoms with van der Waals surface area (Å²) in [7, 11) is 0. The number of aliphatic hydroxyl groups is 1. The number of ether oxygens (including phenoxy) is 2. The number of benzene rings is 1. The number of nitrogens with two attached hydrogens (primary N) is 1. The summed E-state index contributed by atoms with van der Waals surface area (Å²) in [4.78, 5) is 0. The Morgan fingerprint density at radius 2 is 1.94 bits per heavy atom. The first-order valence-corrected chi connectivity index (χ1v) is 5.47. The Balaban J connectivity index is 2.38. The summed E-state index contributed by atoms with van der Waals surface area (Å²) in [6.07, 6.45) is 0. The van der Waals surface area contributed by atoms with E-state index in [0.717, 1.165) is 22.6 Å². The van der Waals surface area contributed by atoms with Gasteiger partial charge in [-0.25, -0.2) is 0 Å². The minimum Gasteiger partial charge on any atom is -0.486 e. The fraction of sp³-hybridized carbons (Fsp3) is 0.500. The largest absolute Gasteiger partial charge is 0.486 e. The van der Waals surface area contributed by atoms with Crippen LogP contribution in [-0.4, -0.2) is 31.5 Å². The summed E-state index contributed by atoms with van der Waals surface area (Å²) in [5.41, 5.74) is 7.74. The molecular formula is C12H17NO3. The van der Waals surface area contributed by atoms with Crippen LogP contribution in [0.5, 0.6) is 11.5 Å². The van der Waals surface area contributed by atoms with Gasteiger partial charge in [-0.1, -0.05) is 0 Å². The molecule has 0 aliphatic carbocycles. The van der Waals surface area contributed by atoms with Crippen molar-refractivity contribution >= 4 is 0 Å². The van der Waals surface area contributed by atoms with Crippen LogP contribution < -0.4 is 15.2 Å². The maximum Gasteiger partial charge on any atom is 0.161 e. The second-order valence-electron chi connectivity index (χ2n) is 3.97. The van der Waals surface area contributed by atoms with Crippen LogP contribution in [0.25, 0.3) is 0 Å². The lowest BCUT2D eigenvalue weighted by Crippen LogP contribution is -2.19. The van der Waals surface area contributed by atoms with Crippen LogP contribution in [0.4, 0.5) is 0 Å². The SMILES string of the molecule is Cc1cc2c(cc1C(CN)CO)OCCO2. The Bertz CT molecular complexity index is 375. The van der Waals surface area contributed by atoms with E-state index in [1.54, 1.807) is 0 Å². The van der Waals surface area contributed by atoms with Gasteiger partial charge in [-0.15, -0.1) is 0 Å². The molecule has 1 aromatic rings. The molecule has 0 saturated carbocycles. The average Bonchev–Trinajstić information content (AvgIpc) is 2.31. The molecular weight excluding hydrogens is 206 g/mol. The van der Waals surface area contributed by atoms with Crippen LogP contribution >= 0.6 is 0 Å². The predicted octanol–water partition coefficient (Wildman–Crippen LogP) is 0.801. The van der Waals surface area contributed by atoms with E-state index in [1.165, 1.54) is 0 Å². The van der Waals surface area contributed by atoms with Crippen LogP contribution in [0, 0.1) is 6.92 Å². The molecule has 0 bridgehead atoms. The normalized spacial score (nSPS) is 15.9. The second-order valence-corrected chi connectivity index (χ2v) is 3.97. The Kier molecular flexibility index (Phi) is 3.31. The van der Waals surface area contributed by atoms with Gasteiger partial charge in [0.25, 0.3) is 0 Å². The van der Waals surface area contributed by atoms with Crippen molar-refractivity contribution in [1.29, 1.82) is 0 Å². The van der Waals surface area contributed by atoms with Gasteiger partial charge >= 0.3 is 0 Å². The molecule has 16 heavy (non-hydrogen) atoms. The van der Waals surface area contributed by atoms with Crippen molar-refractivity contribution in [1.82, 2.24) is 0 Å². The third-order valence-electron chi connectivity index (χ3n) is 2.88. The Morgan fingerprint density at radius 3 is 2.50 bits per heavy atom. The van der Waals surface area contributed by atoms with Crippen molar-refractivity contribution in [3.8, 4) is 11.5 Å². The molecule has 0 radical (unpaired) electrons. The standard InChI is InChI=1S/C12H17NO3/c1-8-4-11-12(16-3-2-15-11)5-10(8)9(6-13)7-14/h4-5,9,14H,2-3,6-7,13H2,1H3. The number of aryl methyl sites for hydroxylation is 1. The van der Waals surface area contributed by atoms with Gasteiger partial charge in [0.05, 0.1) is 6.61 Å². The third kappa shape index (κ3) is 1.99. The minimum absolute atomic E-state index is 0.0316. The van der Waals surface area contributed by atoms with Crippen LogP contribution in [0.15, 0.2) is 12.1 Å². The van der Waals surface area contributed by atoms with Gasteiger partial charge in [0.15, 0.2) is 11.5 Å². The van der Waals surface area contributed by atoms with Gasteiger partial charge in [-0.05, 0) is 30.2 Å². The highest BCUT2D eigenvalue weighted by molar-refractivity contribution is 5.49. The van der Waals surface area contributed by atoms with Crippen LogP contribution in [0.1, 0.15) is 17.0 Å². The molecule has 0 fully saturated rings. The smallest absolute Gasteiger partial charge is 0.161 e. The molecule has 3 N–H and O–H groups in total. The van der Waals surface area contributed by atoms with Crippen LogP contribution in [0.2, 0.25) is 0 Å². The fourth-order valence-electron chi connectivity index (χ4n) is 1.95. The summed E-state index contributed by atoms with van der Waals surface area (Å²) >= 11 is 0. The maximum absolute atomic E-state index is 9.26. The zero-order valence-electron chi connectivity index (χ0n) is 9.40. The molecule has 1 unspecified atom stereocenters. The Hall–Kier alpha value is -1.26. The van der Waals surface area contributed by atoms with Crippen molar-refractivity contribution in [3.63, 3.8) is 0 Å². The molecule has 1 atom stereocenters. The summed E-state index contributed by atoms with van der Waals surface area (Å²) in [5, 5.41) is 9.26. The lowest BCUT2D eigenvalue weighted by molar-refractivity contribution is 0.171. The van der Waals surface area contributed by atoms with E-state index in [0.29, 0.717) is 19.8 Å². The lowest BCUT2D eigenvalue weighted by Gasteiger charge is -2.22. The van der Waals surface area contributed by atoms with Crippen molar-refractivity contribution in [3.05, 3.63) is 23.3 Å². The van der Waals surface area contributed by atoms with E-state index < -0.39 is 0 Å². The van der Waals surface area contributed by atoms with Gasteiger partial charge in [0.1, 0.15) is 13.2 Å². The molecule has 0 amide bonds. The molecule has 0 spiro atoms. The highest BCUT2D eigenvalue weighted by Crippen LogP contribution is 2.35. The maximum atomic E-state index is 9.26. The molecule has 0 aromatic heterocycles. The molecule has 1 heterocycles.